The van der Waals surface area contributed by atoms with Crippen LogP contribution in [0.1, 0.15) is 41.4 Å². The lowest BCUT2D eigenvalue weighted by molar-refractivity contribution is -0.919. The predicted octanol–water partition coefficient (Wildman–Crippen LogP) is 1.69. The van der Waals surface area contributed by atoms with E-state index in [0.717, 1.165) is 48.1 Å². The molecule has 1 aliphatic heterocycles. The third-order valence-electron chi connectivity index (χ3n) is 5.35. The molecule has 0 unspecified atom stereocenters. The van der Waals surface area contributed by atoms with Gasteiger partial charge in [-0.3, -0.25) is 4.79 Å². The van der Waals surface area contributed by atoms with Crippen molar-refractivity contribution in [2.75, 3.05) is 26.8 Å². The number of rotatable bonds is 5. The summed E-state index contributed by atoms with van der Waals surface area (Å²) < 4.78 is 10.2. The molecule has 3 rings (SSSR count). The fourth-order valence-electron chi connectivity index (χ4n) is 3.88. The quantitative estimate of drug-likeness (QED) is 0.810. The number of likely N-dealkylation sites (tertiary alicyclic amines) is 1. The first kappa shape index (κ1) is 19.3. The third kappa shape index (κ3) is 4.11. The predicted molar refractivity (Wildman–Crippen MR) is 102 cm³/mol. The van der Waals surface area contributed by atoms with Crippen LogP contribution < -0.4 is 4.90 Å². The lowest BCUT2D eigenvalue weighted by atomic mass is 9.96. The molecule has 1 aliphatic rings. The fourth-order valence-corrected chi connectivity index (χ4v) is 3.88. The highest BCUT2D eigenvalue weighted by molar-refractivity contribution is 5.98. The van der Waals surface area contributed by atoms with Crippen LogP contribution in [0.4, 0.5) is 0 Å². The van der Waals surface area contributed by atoms with E-state index in [-0.39, 0.29) is 17.9 Å². The van der Waals surface area contributed by atoms with Crippen LogP contribution in [0.15, 0.2) is 24.3 Å². The highest BCUT2D eigenvalue weighted by Crippen LogP contribution is 2.23. The number of piperidine rings is 1. The normalized spacial score (nSPS) is 19.7. The second-order valence-corrected chi connectivity index (χ2v) is 7.02. The summed E-state index contributed by atoms with van der Waals surface area (Å²) in [6.07, 6.45) is 1.59. The Morgan fingerprint density at radius 2 is 1.93 bits per heavy atom. The number of pyridine rings is 1. The number of ether oxygens (including phenoxy) is 2. The molecule has 1 aromatic heterocycles. The highest BCUT2D eigenvalue weighted by Gasteiger charge is 2.30. The minimum Gasteiger partial charge on any atom is -0.469 e. The molecule has 2 heterocycles. The monoisotopic (exact) mass is 371 g/mol. The maximum absolute atomic E-state index is 12.6. The lowest BCUT2D eigenvalue weighted by Gasteiger charge is -2.28. The van der Waals surface area contributed by atoms with Crippen LogP contribution in [0, 0.1) is 12.8 Å². The van der Waals surface area contributed by atoms with E-state index in [9.17, 15) is 9.59 Å². The Hall–Kier alpha value is -2.47. The van der Waals surface area contributed by atoms with Crippen molar-refractivity contribution in [3.05, 3.63) is 41.1 Å². The number of aryl methyl sites for hydroxylation is 1. The number of carbonyl (C=O) groups excluding carboxylic acids is 2. The molecule has 1 saturated heterocycles. The lowest BCUT2D eigenvalue weighted by Crippen LogP contribution is -3.12. The molecule has 0 saturated carbocycles. The molecule has 0 amide bonds. The Bertz CT molecular complexity index is 841. The number of aromatic nitrogens is 1. The maximum Gasteiger partial charge on any atom is 0.340 e. The topological polar surface area (TPSA) is 69.9 Å². The van der Waals surface area contributed by atoms with Crippen molar-refractivity contribution in [3.8, 4) is 0 Å². The highest BCUT2D eigenvalue weighted by atomic mass is 16.5. The summed E-state index contributed by atoms with van der Waals surface area (Å²) in [5.41, 5.74) is 3.16. The zero-order valence-electron chi connectivity index (χ0n) is 16.2. The molecule has 6 heteroatoms. The van der Waals surface area contributed by atoms with Crippen molar-refractivity contribution in [2.24, 2.45) is 5.92 Å². The average molecular weight is 371 g/mol. The van der Waals surface area contributed by atoms with Crippen molar-refractivity contribution in [1.82, 2.24) is 4.98 Å². The van der Waals surface area contributed by atoms with Crippen LogP contribution in [0.2, 0.25) is 0 Å². The van der Waals surface area contributed by atoms with E-state index < -0.39 is 0 Å². The summed E-state index contributed by atoms with van der Waals surface area (Å²) in [4.78, 5) is 30.5. The molecule has 1 fully saturated rings. The van der Waals surface area contributed by atoms with Crippen LogP contribution in [-0.2, 0) is 20.8 Å². The SMILES string of the molecule is CCOC(=O)c1c(C[NH+]2CCC(C(=O)OC)CC2)nc2ccccc2c1C. The number of para-hydroxylation sites is 1. The number of methoxy groups -OCH3 is 1. The first-order valence-electron chi connectivity index (χ1n) is 9.51. The van der Waals surface area contributed by atoms with Gasteiger partial charge in [-0.15, -0.1) is 0 Å². The molecule has 27 heavy (non-hydrogen) atoms. The van der Waals surface area contributed by atoms with Crippen molar-refractivity contribution in [2.45, 2.75) is 33.2 Å². The molecule has 0 spiro atoms. The number of esters is 2. The van der Waals surface area contributed by atoms with Gasteiger partial charge in [0.25, 0.3) is 0 Å². The summed E-state index contributed by atoms with van der Waals surface area (Å²) in [5, 5.41) is 0.976. The Labute approximate surface area is 159 Å². The van der Waals surface area contributed by atoms with E-state index >= 15 is 0 Å². The van der Waals surface area contributed by atoms with E-state index in [1.165, 1.54) is 12.0 Å². The molecule has 0 bridgehead atoms. The van der Waals surface area contributed by atoms with E-state index in [1.54, 1.807) is 0 Å². The van der Waals surface area contributed by atoms with Crippen molar-refractivity contribution >= 4 is 22.8 Å². The second kappa shape index (κ2) is 8.48. The fraction of sp³-hybridized carbons (Fsp3) is 0.476. The van der Waals surface area contributed by atoms with Crippen LogP contribution in [-0.4, -0.2) is 43.7 Å². The minimum absolute atomic E-state index is 0.0189. The molecule has 2 aromatic rings. The summed E-state index contributed by atoms with van der Waals surface area (Å²) in [6, 6.07) is 7.87. The van der Waals surface area contributed by atoms with Gasteiger partial charge in [-0.25, -0.2) is 9.78 Å². The van der Waals surface area contributed by atoms with E-state index in [2.05, 4.69) is 0 Å². The van der Waals surface area contributed by atoms with Gasteiger partial charge in [-0.2, -0.15) is 0 Å². The number of carbonyl (C=O) groups is 2. The zero-order valence-corrected chi connectivity index (χ0v) is 16.2. The maximum atomic E-state index is 12.6. The van der Waals surface area contributed by atoms with Gasteiger partial charge in [0, 0.05) is 18.2 Å². The van der Waals surface area contributed by atoms with Crippen LogP contribution in [0.3, 0.4) is 0 Å². The Kier molecular flexibility index (Phi) is 6.06. The second-order valence-electron chi connectivity index (χ2n) is 7.02. The number of nitrogens with zero attached hydrogens (tertiary/aromatic N) is 1. The summed E-state index contributed by atoms with van der Waals surface area (Å²) in [5.74, 6) is -0.456. The molecule has 6 nitrogen and oxygen atoms in total. The third-order valence-corrected chi connectivity index (χ3v) is 5.35. The standard InChI is InChI=1S/C21H26N2O4/c1-4-27-21(25)19-14(2)16-7-5-6-8-17(16)22-18(19)13-23-11-9-15(10-12-23)20(24)26-3/h5-8,15H,4,9-13H2,1-3H3/p+1. The number of hydrogen-bond donors (Lipinski definition) is 1. The van der Waals surface area contributed by atoms with Gasteiger partial charge in [0.15, 0.2) is 0 Å². The smallest absolute Gasteiger partial charge is 0.340 e. The number of benzene rings is 1. The Balaban J connectivity index is 1.88. The van der Waals surface area contributed by atoms with Crippen LogP contribution in [0.5, 0.6) is 0 Å². The molecular formula is C21H27N2O4+. The number of quaternary nitrogens is 1. The first-order chi connectivity index (χ1) is 13.0. The molecule has 1 aromatic carbocycles. The molecule has 0 aliphatic carbocycles. The first-order valence-corrected chi connectivity index (χ1v) is 9.51. The van der Waals surface area contributed by atoms with Crippen LogP contribution >= 0.6 is 0 Å². The largest absolute Gasteiger partial charge is 0.469 e. The van der Waals surface area contributed by atoms with Gasteiger partial charge in [0.2, 0.25) is 0 Å². The van der Waals surface area contributed by atoms with Gasteiger partial charge < -0.3 is 14.4 Å². The zero-order chi connectivity index (χ0) is 19.4. The van der Waals surface area contributed by atoms with Crippen molar-refractivity contribution in [3.63, 3.8) is 0 Å². The summed E-state index contributed by atoms with van der Waals surface area (Å²) in [7, 11) is 1.44. The molecule has 0 radical (unpaired) electrons. The number of fused-ring (bicyclic) bond motifs is 1. The van der Waals surface area contributed by atoms with Gasteiger partial charge in [0.1, 0.15) is 12.2 Å². The van der Waals surface area contributed by atoms with Gasteiger partial charge in [-0.05, 0) is 25.5 Å². The van der Waals surface area contributed by atoms with E-state index in [4.69, 9.17) is 14.5 Å². The summed E-state index contributed by atoms with van der Waals surface area (Å²) in [6.45, 7) is 6.46. The number of hydrogen-bond acceptors (Lipinski definition) is 5. The van der Waals surface area contributed by atoms with Gasteiger partial charge in [0.05, 0.1) is 43.8 Å². The van der Waals surface area contributed by atoms with Gasteiger partial charge >= 0.3 is 11.9 Å². The van der Waals surface area contributed by atoms with E-state index in [1.807, 2.05) is 38.1 Å². The summed E-state index contributed by atoms with van der Waals surface area (Å²) >= 11 is 0. The molecular weight excluding hydrogens is 344 g/mol. The van der Waals surface area contributed by atoms with Gasteiger partial charge in [-0.1, -0.05) is 18.2 Å². The van der Waals surface area contributed by atoms with E-state index in [0.29, 0.717) is 18.7 Å². The van der Waals surface area contributed by atoms with Crippen molar-refractivity contribution < 1.29 is 24.0 Å². The number of nitrogens with one attached hydrogen (secondary N) is 1. The Morgan fingerprint density at radius 1 is 1.22 bits per heavy atom. The Morgan fingerprint density at radius 3 is 2.59 bits per heavy atom. The molecule has 0 atom stereocenters. The minimum atomic E-state index is -0.313. The average Bonchev–Trinajstić information content (AvgIpc) is 2.68. The molecule has 1 N–H and O–H groups in total. The van der Waals surface area contributed by atoms with Crippen molar-refractivity contribution in [1.29, 1.82) is 0 Å². The molecule has 144 valence electrons. The van der Waals surface area contributed by atoms with Crippen LogP contribution in [0.25, 0.3) is 10.9 Å².